The maximum atomic E-state index is 12.0. The predicted octanol–water partition coefficient (Wildman–Crippen LogP) is 5.64. The van der Waals surface area contributed by atoms with Gasteiger partial charge in [0.25, 0.3) is 0 Å². The highest BCUT2D eigenvalue weighted by molar-refractivity contribution is 6.36. The molecule has 0 aliphatic heterocycles. The second-order valence-electron chi connectivity index (χ2n) is 6.26. The predicted molar refractivity (Wildman–Crippen MR) is 106 cm³/mol. The van der Waals surface area contributed by atoms with Crippen LogP contribution in [0.25, 0.3) is 21.5 Å². The van der Waals surface area contributed by atoms with Crippen molar-refractivity contribution in [1.82, 2.24) is 9.97 Å². The second kappa shape index (κ2) is 7.22. The third-order valence-electron chi connectivity index (χ3n) is 4.73. The van der Waals surface area contributed by atoms with Crippen LogP contribution in [0.3, 0.4) is 0 Å². The first kappa shape index (κ1) is 16.7. The number of ketones is 1. The number of halogens is 1. The molecule has 0 saturated carbocycles. The van der Waals surface area contributed by atoms with Gasteiger partial charge in [-0.05, 0) is 40.6 Å². The Balaban J connectivity index is 0.000000240. The van der Waals surface area contributed by atoms with Crippen molar-refractivity contribution in [2.45, 2.75) is 19.3 Å². The zero-order valence-corrected chi connectivity index (χ0v) is 14.9. The van der Waals surface area contributed by atoms with E-state index in [1.54, 1.807) is 24.8 Å². The molecule has 0 N–H and O–H groups in total. The number of carbonyl (C=O) groups is 1. The number of hydrogen-bond donors (Lipinski definition) is 0. The molecule has 4 heteroatoms. The van der Waals surface area contributed by atoms with Crippen LogP contribution in [0, 0.1) is 0 Å². The molecule has 1 aliphatic rings. The molecular weight excluding hydrogens is 344 g/mol. The molecule has 3 aromatic carbocycles. The second-order valence-corrected chi connectivity index (χ2v) is 6.67. The SMILES string of the molecule is O=C1CCCc2c1ccc1c2ccc2c(Cl)cccc21.c1cnccn1. The highest BCUT2D eigenvalue weighted by Crippen LogP contribution is 2.35. The number of Topliss-reactive ketones (excluding diaryl/α,β-unsaturated/α-hetero) is 1. The normalized spacial score (nSPS) is 13.2. The number of aryl methyl sites for hydroxylation is 1. The smallest absolute Gasteiger partial charge is 0.163 e. The summed E-state index contributed by atoms with van der Waals surface area (Å²) in [5, 5.41) is 5.40. The fourth-order valence-electron chi connectivity index (χ4n) is 3.54. The van der Waals surface area contributed by atoms with Crippen LogP contribution in [0.5, 0.6) is 0 Å². The van der Waals surface area contributed by atoms with Gasteiger partial charge in [0, 0.05) is 47.2 Å². The van der Waals surface area contributed by atoms with Crippen LogP contribution in [-0.2, 0) is 6.42 Å². The summed E-state index contributed by atoms with van der Waals surface area (Å²) in [6.45, 7) is 0. The van der Waals surface area contributed by atoms with E-state index in [0.29, 0.717) is 6.42 Å². The average Bonchev–Trinajstić information content (AvgIpc) is 2.70. The molecule has 26 heavy (non-hydrogen) atoms. The van der Waals surface area contributed by atoms with Gasteiger partial charge in [-0.3, -0.25) is 14.8 Å². The third-order valence-corrected chi connectivity index (χ3v) is 5.06. The molecule has 0 amide bonds. The largest absolute Gasteiger partial charge is 0.294 e. The van der Waals surface area contributed by atoms with Crippen molar-refractivity contribution in [2.75, 3.05) is 0 Å². The summed E-state index contributed by atoms with van der Waals surface area (Å²) in [6.07, 6.45) is 9.18. The van der Waals surface area contributed by atoms with Crippen molar-refractivity contribution in [2.24, 2.45) is 0 Å². The molecule has 0 saturated heterocycles. The lowest BCUT2D eigenvalue weighted by Gasteiger charge is -2.18. The highest BCUT2D eigenvalue weighted by Gasteiger charge is 2.19. The van der Waals surface area contributed by atoms with Crippen molar-refractivity contribution < 1.29 is 4.79 Å². The van der Waals surface area contributed by atoms with E-state index in [4.69, 9.17) is 11.6 Å². The zero-order chi connectivity index (χ0) is 17.9. The van der Waals surface area contributed by atoms with Crippen molar-refractivity contribution in [1.29, 1.82) is 0 Å². The number of benzene rings is 3. The van der Waals surface area contributed by atoms with E-state index < -0.39 is 0 Å². The van der Waals surface area contributed by atoms with Gasteiger partial charge in [0.05, 0.1) is 0 Å². The number of aromatic nitrogens is 2. The van der Waals surface area contributed by atoms with Gasteiger partial charge in [0.2, 0.25) is 0 Å². The number of rotatable bonds is 0. The maximum absolute atomic E-state index is 12.0. The van der Waals surface area contributed by atoms with Gasteiger partial charge in [0.1, 0.15) is 0 Å². The lowest BCUT2D eigenvalue weighted by atomic mass is 9.86. The summed E-state index contributed by atoms with van der Waals surface area (Å²) in [4.78, 5) is 19.5. The Morgan fingerprint density at radius 1 is 0.731 bits per heavy atom. The minimum atomic E-state index is 0.277. The lowest BCUT2D eigenvalue weighted by molar-refractivity contribution is 0.0973. The summed E-state index contributed by atoms with van der Waals surface area (Å²) >= 11 is 6.27. The first-order valence-corrected chi connectivity index (χ1v) is 8.99. The van der Waals surface area contributed by atoms with E-state index in [9.17, 15) is 4.79 Å². The molecular formula is C22H17ClN2O. The molecule has 128 valence electrons. The van der Waals surface area contributed by atoms with Crippen molar-refractivity contribution in [3.8, 4) is 0 Å². The van der Waals surface area contributed by atoms with E-state index >= 15 is 0 Å². The van der Waals surface area contributed by atoms with Gasteiger partial charge in [-0.2, -0.15) is 0 Å². The van der Waals surface area contributed by atoms with E-state index in [-0.39, 0.29) is 5.78 Å². The monoisotopic (exact) mass is 360 g/mol. The lowest BCUT2D eigenvalue weighted by Crippen LogP contribution is -2.10. The highest BCUT2D eigenvalue weighted by atomic mass is 35.5. The van der Waals surface area contributed by atoms with Gasteiger partial charge in [-0.25, -0.2) is 0 Å². The summed E-state index contributed by atoms with van der Waals surface area (Å²) in [5.41, 5.74) is 2.12. The molecule has 1 heterocycles. The minimum Gasteiger partial charge on any atom is -0.294 e. The first-order valence-electron chi connectivity index (χ1n) is 8.62. The molecule has 0 atom stereocenters. The van der Waals surface area contributed by atoms with E-state index in [0.717, 1.165) is 34.2 Å². The molecule has 0 unspecified atom stereocenters. The van der Waals surface area contributed by atoms with Crippen LogP contribution in [0.1, 0.15) is 28.8 Å². The molecule has 0 spiro atoms. The van der Waals surface area contributed by atoms with E-state index in [1.165, 1.54) is 16.3 Å². The van der Waals surface area contributed by atoms with Gasteiger partial charge >= 0.3 is 0 Å². The number of carbonyl (C=O) groups excluding carboxylic acids is 1. The minimum absolute atomic E-state index is 0.277. The Morgan fingerprint density at radius 2 is 1.38 bits per heavy atom. The van der Waals surface area contributed by atoms with Crippen LogP contribution in [0.4, 0.5) is 0 Å². The van der Waals surface area contributed by atoms with Crippen LogP contribution in [-0.4, -0.2) is 15.8 Å². The van der Waals surface area contributed by atoms with Gasteiger partial charge in [-0.15, -0.1) is 0 Å². The zero-order valence-electron chi connectivity index (χ0n) is 14.2. The van der Waals surface area contributed by atoms with Crippen LogP contribution >= 0.6 is 11.6 Å². The Labute approximate surface area is 156 Å². The number of fused-ring (bicyclic) bond motifs is 5. The van der Waals surface area contributed by atoms with E-state index in [2.05, 4.69) is 34.2 Å². The Bertz CT molecular complexity index is 1070. The molecule has 1 aromatic heterocycles. The summed E-state index contributed by atoms with van der Waals surface area (Å²) in [5.74, 6) is 0.277. The molecule has 3 nitrogen and oxygen atoms in total. The molecule has 5 rings (SSSR count). The van der Waals surface area contributed by atoms with E-state index in [1.807, 2.05) is 18.2 Å². The fourth-order valence-corrected chi connectivity index (χ4v) is 3.78. The first-order chi connectivity index (χ1) is 12.8. The molecule has 4 aromatic rings. The fraction of sp³-hybridized carbons (Fsp3) is 0.136. The van der Waals surface area contributed by atoms with Gasteiger partial charge in [-0.1, -0.05) is 48.0 Å². The van der Waals surface area contributed by atoms with Gasteiger partial charge in [0.15, 0.2) is 5.78 Å². The van der Waals surface area contributed by atoms with Crippen LogP contribution in [0.2, 0.25) is 5.02 Å². The van der Waals surface area contributed by atoms with Crippen molar-refractivity contribution in [3.05, 3.63) is 83.4 Å². The van der Waals surface area contributed by atoms with Gasteiger partial charge < -0.3 is 0 Å². The summed E-state index contributed by atoms with van der Waals surface area (Å²) in [6, 6.07) is 14.2. The summed E-state index contributed by atoms with van der Waals surface area (Å²) in [7, 11) is 0. The molecule has 1 aliphatic carbocycles. The standard InChI is InChI=1S/C18H13ClO.C4H4N2/c19-17-5-1-3-11-13-8-10-16-12(4-2-6-18(16)20)14(13)7-9-15(11)17;1-2-6-4-3-5-1/h1,3,5,7-10H,2,4,6H2;1-4H. The summed E-state index contributed by atoms with van der Waals surface area (Å²) < 4.78 is 0. The topological polar surface area (TPSA) is 42.9 Å². The molecule has 0 bridgehead atoms. The average molecular weight is 361 g/mol. The Hall–Kier alpha value is -2.78. The maximum Gasteiger partial charge on any atom is 0.163 e. The van der Waals surface area contributed by atoms with Crippen molar-refractivity contribution in [3.63, 3.8) is 0 Å². The Morgan fingerprint density at radius 3 is 2.12 bits per heavy atom. The molecule has 0 radical (unpaired) electrons. The quantitative estimate of drug-likeness (QED) is 0.381. The van der Waals surface area contributed by atoms with Crippen LogP contribution < -0.4 is 0 Å². The van der Waals surface area contributed by atoms with Crippen molar-refractivity contribution >= 4 is 38.9 Å². The van der Waals surface area contributed by atoms with Crippen LogP contribution in [0.15, 0.2) is 67.3 Å². The third kappa shape index (κ3) is 3.06. The molecule has 0 fully saturated rings. The number of hydrogen-bond acceptors (Lipinski definition) is 3. The number of nitrogens with zero attached hydrogens (tertiary/aromatic N) is 2. The Kier molecular flexibility index (Phi) is 4.63.